The summed E-state index contributed by atoms with van der Waals surface area (Å²) in [6.45, 7) is -0.132. The SMILES string of the molecule is O=C(O)[C@@H]1C[C@@H](O)CN1C(=O)c1ccc(F)cc1O. The Labute approximate surface area is 107 Å². The fraction of sp³-hybridized carbons (Fsp3) is 0.333. The number of benzene rings is 1. The van der Waals surface area contributed by atoms with Crippen LogP contribution in [0.1, 0.15) is 16.8 Å². The molecule has 2 atom stereocenters. The first kappa shape index (κ1) is 13.3. The van der Waals surface area contributed by atoms with E-state index in [-0.39, 0.29) is 18.5 Å². The lowest BCUT2D eigenvalue weighted by Crippen LogP contribution is -2.40. The van der Waals surface area contributed by atoms with Gasteiger partial charge in [0.2, 0.25) is 0 Å². The van der Waals surface area contributed by atoms with E-state index in [1.165, 1.54) is 0 Å². The molecule has 0 bridgehead atoms. The van der Waals surface area contributed by atoms with Gasteiger partial charge in [-0.3, -0.25) is 4.79 Å². The predicted molar refractivity (Wildman–Crippen MR) is 61.1 cm³/mol. The Morgan fingerprint density at radius 1 is 1.37 bits per heavy atom. The number of hydrogen-bond donors (Lipinski definition) is 3. The van der Waals surface area contributed by atoms with Crippen molar-refractivity contribution in [2.75, 3.05) is 6.54 Å². The van der Waals surface area contributed by atoms with Gasteiger partial charge in [0, 0.05) is 19.0 Å². The van der Waals surface area contributed by atoms with Gasteiger partial charge in [-0.2, -0.15) is 0 Å². The number of likely N-dealkylation sites (tertiary alicyclic amines) is 1. The molecule has 3 N–H and O–H groups in total. The number of hydrogen-bond acceptors (Lipinski definition) is 4. The van der Waals surface area contributed by atoms with Crippen molar-refractivity contribution < 1.29 is 29.3 Å². The van der Waals surface area contributed by atoms with Crippen LogP contribution < -0.4 is 0 Å². The fourth-order valence-electron chi connectivity index (χ4n) is 2.11. The van der Waals surface area contributed by atoms with Crippen LogP contribution in [0.2, 0.25) is 0 Å². The molecule has 1 heterocycles. The van der Waals surface area contributed by atoms with E-state index in [2.05, 4.69) is 0 Å². The number of carbonyl (C=O) groups is 2. The van der Waals surface area contributed by atoms with Crippen LogP contribution in [-0.4, -0.2) is 50.8 Å². The molecule has 102 valence electrons. The Hall–Kier alpha value is -2.15. The average molecular weight is 269 g/mol. The summed E-state index contributed by atoms with van der Waals surface area (Å²) in [5.41, 5.74) is -0.193. The third-order valence-corrected chi connectivity index (χ3v) is 3.02. The monoisotopic (exact) mass is 269 g/mol. The number of halogens is 1. The Morgan fingerprint density at radius 3 is 2.63 bits per heavy atom. The molecule has 0 saturated carbocycles. The minimum Gasteiger partial charge on any atom is -0.507 e. The molecule has 1 aromatic rings. The maximum absolute atomic E-state index is 12.8. The Bertz CT molecular complexity index is 533. The second kappa shape index (κ2) is 4.85. The Kier molecular flexibility index (Phi) is 3.39. The highest BCUT2D eigenvalue weighted by molar-refractivity contribution is 5.99. The summed E-state index contributed by atoms with van der Waals surface area (Å²) in [6.07, 6.45) is -0.990. The summed E-state index contributed by atoms with van der Waals surface area (Å²) in [5, 5.41) is 27.9. The van der Waals surface area contributed by atoms with E-state index in [1.54, 1.807) is 0 Å². The number of carboxylic acid groups (broad SMARTS) is 1. The van der Waals surface area contributed by atoms with E-state index in [9.17, 15) is 24.2 Å². The minimum absolute atomic E-state index is 0.0664. The van der Waals surface area contributed by atoms with E-state index < -0.39 is 35.6 Å². The number of amides is 1. The van der Waals surface area contributed by atoms with Gasteiger partial charge in [0.05, 0.1) is 11.7 Å². The number of aliphatic hydroxyl groups excluding tert-OH is 1. The van der Waals surface area contributed by atoms with Crippen LogP contribution in [-0.2, 0) is 4.79 Å². The van der Waals surface area contributed by atoms with E-state index in [0.717, 1.165) is 23.1 Å². The molecule has 0 spiro atoms. The van der Waals surface area contributed by atoms with Crippen molar-refractivity contribution in [2.24, 2.45) is 0 Å². The third kappa shape index (κ3) is 2.50. The number of aliphatic carboxylic acids is 1. The zero-order valence-electron chi connectivity index (χ0n) is 9.78. The first-order valence-electron chi connectivity index (χ1n) is 5.60. The van der Waals surface area contributed by atoms with Crippen LogP contribution in [0, 0.1) is 5.82 Å². The molecule has 2 rings (SSSR count). The number of aromatic hydroxyl groups is 1. The number of phenols is 1. The molecular weight excluding hydrogens is 257 g/mol. The lowest BCUT2D eigenvalue weighted by Gasteiger charge is -2.21. The minimum atomic E-state index is -1.23. The van der Waals surface area contributed by atoms with Crippen LogP contribution in [0.3, 0.4) is 0 Å². The van der Waals surface area contributed by atoms with E-state index >= 15 is 0 Å². The van der Waals surface area contributed by atoms with Crippen LogP contribution in [0.5, 0.6) is 5.75 Å². The zero-order chi connectivity index (χ0) is 14.2. The molecule has 0 radical (unpaired) electrons. The predicted octanol–water partition coefficient (Wildman–Crippen LogP) is 0.191. The van der Waals surface area contributed by atoms with Crippen molar-refractivity contribution in [3.63, 3.8) is 0 Å². The molecule has 1 aromatic carbocycles. The first-order valence-corrected chi connectivity index (χ1v) is 5.60. The van der Waals surface area contributed by atoms with E-state index in [4.69, 9.17) is 5.11 Å². The van der Waals surface area contributed by atoms with Crippen LogP contribution in [0.4, 0.5) is 4.39 Å². The van der Waals surface area contributed by atoms with Gasteiger partial charge in [-0.25, -0.2) is 9.18 Å². The normalized spacial score (nSPS) is 22.5. The molecule has 6 nitrogen and oxygen atoms in total. The lowest BCUT2D eigenvalue weighted by molar-refractivity contribution is -0.141. The summed E-state index contributed by atoms with van der Waals surface area (Å²) in [6, 6.07) is 1.70. The molecule has 1 aliphatic heterocycles. The molecular formula is C12H12FNO5. The van der Waals surface area contributed by atoms with E-state index in [1.807, 2.05) is 0 Å². The van der Waals surface area contributed by atoms with Gasteiger partial charge in [-0.1, -0.05) is 0 Å². The lowest BCUT2D eigenvalue weighted by atomic mass is 10.1. The fourth-order valence-corrected chi connectivity index (χ4v) is 2.11. The van der Waals surface area contributed by atoms with Gasteiger partial charge in [0.1, 0.15) is 17.6 Å². The molecule has 1 fully saturated rings. The zero-order valence-corrected chi connectivity index (χ0v) is 9.78. The number of aliphatic hydroxyl groups is 1. The van der Waals surface area contributed by atoms with Crippen molar-refractivity contribution in [1.29, 1.82) is 0 Å². The molecule has 1 saturated heterocycles. The second-order valence-electron chi connectivity index (χ2n) is 4.36. The van der Waals surface area contributed by atoms with Gasteiger partial charge in [0.25, 0.3) is 5.91 Å². The topological polar surface area (TPSA) is 98.1 Å². The molecule has 0 unspecified atom stereocenters. The molecule has 1 aliphatic rings. The van der Waals surface area contributed by atoms with Gasteiger partial charge in [-0.15, -0.1) is 0 Å². The van der Waals surface area contributed by atoms with Crippen molar-refractivity contribution in [3.05, 3.63) is 29.6 Å². The molecule has 0 aromatic heterocycles. The number of β-amino-alcohol motifs (C(OH)–C–C–N with tert-alkyl or cyclic N) is 1. The van der Waals surface area contributed by atoms with Crippen LogP contribution >= 0.6 is 0 Å². The van der Waals surface area contributed by atoms with Crippen molar-refractivity contribution in [1.82, 2.24) is 4.90 Å². The molecule has 19 heavy (non-hydrogen) atoms. The highest BCUT2D eigenvalue weighted by Gasteiger charge is 2.39. The van der Waals surface area contributed by atoms with Gasteiger partial charge < -0.3 is 20.2 Å². The Morgan fingerprint density at radius 2 is 2.05 bits per heavy atom. The summed E-state index contributed by atoms with van der Waals surface area (Å²) < 4.78 is 12.8. The third-order valence-electron chi connectivity index (χ3n) is 3.02. The van der Waals surface area contributed by atoms with Crippen LogP contribution in [0.25, 0.3) is 0 Å². The molecule has 7 heteroatoms. The van der Waals surface area contributed by atoms with Gasteiger partial charge in [-0.05, 0) is 12.1 Å². The maximum atomic E-state index is 12.8. The van der Waals surface area contributed by atoms with Gasteiger partial charge in [0.15, 0.2) is 0 Å². The second-order valence-corrected chi connectivity index (χ2v) is 4.36. The number of carbonyl (C=O) groups excluding carboxylic acids is 1. The number of rotatable bonds is 2. The highest BCUT2D eigenvalue weighted by atomic mass is 19.1. The quantitative estimate of drug-likeness (QED) is 0.712. The Balaban J connectivity index is 2.30. The average Bonchev–Trinajstić information content (AvgIpc) is 2.70. The smallest absolute Gasteiger partial charge is 0.326 e. The summed E-state index contributed by atoms with van der Waals surface area (Å²) >= 11 is 0. The van der Waals surface area contributed by atoms with Crippen LogP contribution in [0.15, 0.2) is 18.2 Å². The number of nitrogens with zero attached hydrogens (tertiary/aromatic N) is 1. The van der Waals surface area contributed by atoms with Crippen molar-refractivity contribution >= 4 is 11.9 Å². The summed E-state index contributed by atoms with van der Waals surface area (Å²) in [5.74, 6) is -3.24. The van der Waals surface area contributed by atoms with Crippen molar-refractivity contribution in [2.45, 2.75) is 18.6 Å². The molecule has 1 amide bonds. The molecule has 0 aliphatic carbocycles. The summed E-state index contributed by atoms with van der Waals surface area (Å²) in [4.78, 5) is 24.1. The number of phenolic OH excluding ortho intramolecular Hbond substituents is 1. The van der Waals surface area contributed by atoms with E-state index in [0.29, 0.717) is 0 Å². The standard InChI is InChI=1S/C12H12FNO5/c13-6-1-2-8(10(16)3-6)11(17)14-5-7(15)4-9(14)12(18)19/h1-3,7,9,15-16H,4-5H2,(H,18,19)/t7-,9+/m1/s1. The largest absolute Gasteiger partial charge is 0.507 e. The van der Waals surface area contributed by atoms with Gasteiger partial charge >= 0.3 is 5.97 Å². The van der Waals surface area contributed by atoms with Crippen molar-refractivity contribution in [3.8, 4) is 5.75 Å². The highest BCUT2D eigenvalue weighted by Crippen LogP contribution is 2.25. The number of carboxylic acids is 1. The first-order chi connectivity index (χ1) is 8.90. The maximum Gasteiger partial charge on any atom is 0.326 e. The summed E-state index contributed by atoms with van der Waals surface area (Å²) in [7, 11) is 0.